The number of hydrogen-bond donors (Lipinski definition) is 0. The van der Waals surface area contributed by atoms with Gasteiger partial charge in [0, 0.05) is 24.0 Å². The van der Waals surface area contributed by atoms with Crippen molar-refractivity contribution in [2.24, 2.45) is 0 Å². The summed E-state index contributed by atoms with van der Waals surface area (Å²) in [6.45, 7) is 3.19. The third-order valence-electron chi connectivity index (χ3n) is 4.07. The molecule has 2 aliphatic rings. The molecule has 0 saturated carbocycles. The van der Waals surface area contributed by atoms with E-state index in [0.29, 0.717) is 13.0 Å². The molecule has 0 radical (unpaired) electrons. The van der Waals surface area contributed by atoms with Crippen molar-refractivity contribution in [2.45, 2.75) is 32.2 Å². The largest absolute Gasteiger partial charge is 0.331 e. The van der Waals surface area contributed by atoms with Gasteiger partial charge in [-0.05, 0) is 53.4 Å². The smallest absolute Gasteiger partial charge is 0.249 e. The first-order valence-corrected chi connectivity index (χ1v) is 7.74. The van der Waals surface area contributed by atoms with Gasteiger partial charge < -0.3 is 9.80 Å². The van der Waals surface area contributed by atoms with Crippen molar-refractivity contribution in [2.75, 3.05) is 18.0 Å². The highest BCUT2D eigenvalue weighted by Crippen LogP contribution is 2.32. The number of anilines is 1. The molecule has 0 N–H and O–H groups in total. The molecule has 2 fully saturated rings. The van der Waals surface area contributed by atoms with Crippen LogP contribution in [0.1, 0.15) is 24.8 Å². The van der Waals surface area contributed by atoms with Crippen LogP contribution >= 0.6 is 15.9 Å². The van der Waals surface area contributed by atoms with Gasteiger partial charge >= 0.3 is 0 Å². The minimum atomic E-state index is -0.266. The van der Waals surface area contributed by atoms with Gasteiger partial charge in [-0.2, -0.15) is 0 Å². The van der Waals surface area contributed by atoms with Crippen molar-refractivity contribution < 1.29 is 9.59 Å². The van der Waals surface area contributed by atoms with E-state index in [1.54, 1.807) is 9.80 Å². The van der Waals surface area contributed by atoms with E-state index in [4.69, 9.17) is 0 Å². The Kier molecular flexibility index (Phi) is 3.54. The summed E-state index contributed by atoms with van der Waals surface area (Å²) < 4.78 is 0.898. The SMILES string of the molecule is Cc1ccc(Br)c(N2CCC(=O)N3CCCC3C2=O)c1. The number of rotatable bonds is 1. The molecule has 2 saturated heterocycles. The maximum absolute atomic E-state index is 12.7. The highest BCUT2D eigenvalue weighted by molar-refractivity contribution is 9.10. The van der Waals surface area contributed by atoms with Crippen molar-refractivity contribution in [3.05, 3.63) is 28.2 Å². The highest BCUT2D eigenvalue weighted by atomic mass is 79.9. The second-order valence-corrected chi connectivity index (χ2v) is 6.29. The van der Waals surface area contributed by atoms with Crippen LogP contribution < -0.4 is 4.90 Å². The van der Waals surface area contributed by atoms with Crippen LogP contribution in [0.5, 0.6) is 0 Å². The first-order chi connectivity index (χ1) is 9.58. The number of aryl methyl sites for hydroxylation is 1. The van der Waals surface area contributed by atoms with Crippen molar-refractivity contribution in [1.29, 1.82) is 0 Å². The van der Waals surface area contributed by atoms with Crippen LogP contribution in [0.25, 0.3) is 0 Å². The summed E-state index contributed by atoms with van der Waals surface area (Å²) in [6.07, 6.45) is 2.11. The average Bonchev–Trinajstić information content (AvgIpc) is 2.87. The first kappa shape index (κ1) is 13.6. The van der Waals surface area contributed by atoms with Crippen molar-refractivity contribution in [3.63, 3.8) is 0 Å². The van der Waals surface area contributed by atoms with Crippen LogP contribution in [-0.2, 0) is 9.59 Å². The van der Waals surface area contributed by atoms with Gasteiger partial charge in [-0.15, -0.1) is 0 Å². The molecule has 106 valence electrons. The molecule has 0 spiro atoms. The summed E-state index contributed by atoms with van der Waals surface area (Å²) in [5.74, 6) is 0.159. The minimum Gasteiger partial charge on any atom is -0.331 e. The van der Waals surface area contributed by atoms with Crippen LogP contribution in [0, 0.1) is 6.92 Å². The normalized spacial score (nSPS) is 23.0. The number of carbonyl (C=O) groups is 2. The lowest BCUT2D eigenvalue weighted by Crippen LogP contribution is -2.43. The number of benzene rings is 1. The Labute approximate surface area is 126 Å². The zero-order chi connectivity index (χ0) is 14.3. The molecule has 1 atom stereocenters. The topological polar surface area (TPSA) is 40.6 Å². The predicted molar refractivity (Wildman–Crippen MR) is 80.6 cm³/mol. The van der Waals surface area contributed by atoms with Crippen LogP contribution in [0.2, 0.25) is 0 Å². The van der Waals surface area contributed by atoms with E-state index in [2.05, 4.69) is 15.9 Å². The quantitative estimate of drug-likeness (QED) is 0.790. The molecule has 2 aliphatic heterocycles. The van der Waals surface area contributed by atoms with Crippen LogP contribution in [0.4, 0.5) is 5.69 Å². The number of hydrogen-bond acceptors (Lipinski definition) is 2. The van der Waals surface area contributed by atoms with Gasteiger partial charge in [0.15, 0.2) is 0 Å². The molecule has 2 heterocycles. The van der Waals surface area contributed by atoms with E-state index in [-0.39, 0.29) is 17.9 Å². The summed E-state index contributed by atoms with van der Waals surface area (Å²) in [7, 11) is 0. The average molecular weight is 337 g/mol. The minimum absolute atomic E-state index is 0.0552. The highest BCUT2D eigenvalue weighted by Gasteiger charge is 2.39. The van der Waals surface area contributed by atoms with E-state index in [9.17, 15) is 9.59 Å². The second kappa shape index (κ2) is 5.20. The zero-order valence-electron chi connectivity index (χ0n) is 11.4. The molecular weight excluding hydrogens is 320 g/mol. The first-order valence-electron chi connectivity index (χ1n) is 6.95. The van der Waals surface area contributed by atoms with E-state index in [1.807, 2.05) is 25.1 Å². The fourth-order valence-electron chi connectivity index (χ4n) is 3.03. The molecule has 0 aromatic heterocycles. The lowest BCUT2D eigenvalue weighted by molar-refractivity contribution is -0.135. The van der Waals surface area contributed by atoms with Crippen molar-refractivity contribution in [1.82, 2.24) is 4.90 Å². The Morgan fingerprint density at radius 1 is 1.25 bits per heavy atom. The van der Waals surface area contributed by atoms with Gasteiger partial charge in [0.2, 0.25) is 11.8 Å². The molecule has 1 aromatic rings. The molecule has 2 amide bonds. The van der Waals surface area contributed by atoms with Crippen LogP contribution in [0.3, 0.4) is 0 Å². The molecule has 0 aliphatic carbocycles. The maximum Gasteiger partial charge on any atom is 0.249 e. The second-order valence-electron chi connectivity index (χ2n) is 5.44. The summed E-state index contributed by atoms with van der Waals surface area (Å²) >= 11 is 3.51. The molecular formula is C15H17BrN2O2. The molecule has 4 nitrogen and oxygen atoms in total. The van der Waals surface area contributed by atoms with Gasteiger partial charge in [-0.1, -0.05) is 6.07 Å². The lowest BCUT2D eigenvalue weighted by Gasteiger charge is -2.26. The third-order valence-corrected chi connectivity index (χ3v) is 4.74. The Hall–Kier alpha value is -1.36. The Morgan fingerprint density at radius 3 is 2.85 bits per heavy atom. The number of carbonyl (C=O) groups excluding carboxylic acids is 2. The van der Waals surface area contributed by atoms with Gasteiger partial charge in [0.05, 0.1) is 5.69 Å². The fourth-order valence-corrected chi connectivity index (χ4v) is 3.49. The van der Waals surface area contributed by atoms with Crippen LogP contribution in [-0.4, -0.2) is 35.8 Å². The number of amides is 2. The molecule has 1 aromatic carbocycles. The maximum atomic E-state index is 12.7. The summed E-state index contributed by atoms with van der Waals surface area (Å²) in [5, 5.41) is 0. The van der Waals surface area contributed by atoms with Crippen LogP contribution in [0.15, 0.2) is 22.7 Å². The molecule has 0 bridgehead atoms. The molecule has 20 heavy (non-hydrogen) atoms. The van der Waals surface area contributed by atoms with Gasteiger partial charge in [-0.25, -0.2) is 0 Å². The third kappa shape index (κ3) is 2.24. The summed E-state index contributed by atoms with van der Waals surface area (Å²) in [6, 6.07) is 5.69. The summed E-state index contributed by atoms with van der Waals surface area (Å²) in [5.41, 5.74) is 1.98. The van der Waals surface area contributed by atoms with E-state index < -0.39 is 0 Å². The van der Waals surface area contributed by atoms with Gasteiger partial charge in [0.25, 0.3) is 0 Å². The zero-order valence-corrected chi connectivity index (χ0v) is 13.0. The fraction of sp³-hybridized carbons (Fsp3) is 0.467. The Morgan fingerprint density at radius 2 is 2.05 bits per heavy atom. The van der Waals surface area contributed by atoms with Gasteiger partial charge in [0.1, 0.15) is 6.04 Å². The monoisotopic (exact) mass is 336 g/mol. The van der Waals surface area contributed by atoms with E-state index in [1.165, 1.54) is 0 Å². The van der Waals surface area contributed by atoms with Crippen molar-refractivity contribution >= 4 is 33.4 Å². The Balaban J connectivity index is 1.98. The van der Waals surface area contributed by atoms with E-state index in [0.717, 1.165) is 35.1 Å². The van der Waals surface area contributed by atoms with Crippen molar-refractivity contribution in [3.8, 4) is 0 Å². The number of halogens is 1. The van der Waals surface area contributed by atoms with Gasteiger partial charge in [-0.3, -0.25) is 9.59 Å². The Bertz CT molecular complexity index is 573. The summed E-state index contributed by atoms with van der Waals surface area (Å²) in [4.78, 5) is 28.4. The predicted octanol–water partition coefficient (Wildman–Crippen LogP) is 2.49. The standard InChI is InChI=1S/C15H17BrN2O2/c1-10-4-5-11(16)13(9-10)18-8-6-14(19)17-7-2-3-12(17)15(18)20/h4-5,9,12H,2-3,6-8H2,1H3. The molecule has 3 rings (SSSR count). The van der Waals surface area contributed by atoms with E-state index >= 15 is 0 Å². The number of nitrogens with zero attached hydrogens (tertiary/aromatic N) is 2. The molecule has 5 heteroatoms. The number of fused-ring (bicyclic) bond motifs is 1. The molecule has 1 unspecified atom stereocenters. The lowest BCUT2D eigenvalue weighted by atomic mass is 10.1.